The zero-order chi connectivity index (χ0) is 25.4. The average Bonchev–Trinajstić information content (AvgIpc) is 3.41. The third-order valence-electron chi connectivity index (χ3n) is 8.46. The average molecular weight is 502 g/mol. The highest BCUT2D eigenvalue weighted by Crippen LogP contribution is 2.71. The molecular weight excluding hydrogens is 462 g/mol. The number of fused-ring (bicyclic) bond motifs is 1. The van der Waals surface area contributed by atoms with Gasteiger partial charge in [0.2, 0.25) is 17.7 Å². The Morgan fingerprint density at radius 3 is 2.54 bits per heavy atom. The van der Waals surface area contributed by atoms with Gasteiger partial charge in [0.25, 0.3) is 0 Å². The van der Waals surface area contributed by atoms with Crippen molar-refractivity contribution in [3.05, 3.63) is 30.3 Å². The lowest BCUT2D eigenvalue weighted by Gasteiger charge is -2.39. The van der Waals surface area contributed by atoms with Crippen LogP contribution in [0.15, 0.2) is 30.3 Å². The molecule has 192 valence electrons. The molecule has 0 radical (unpaired) electrons. The molecule has 3 N–H and O–H groups in total. The monoisotopic (exact) mass is 501 g/mol. The molecular formula is C27H39N3O4S. The first-order valence-electron chi connectivity index (χ1n) is 13.0. The lowest BCUT2D eigenvalue weighted by Crippen LogP contribution is -2.57. The van der Waals surface area contributed by atoms with E-state index in [4.69, 9.17) is 0 Å². The van der Waals surface area contributed by atoms with Crippen molar-refractivity contribution >= 4 is 35.2 Å². The minimum Gasteiger partial charge on any atom is -0.394 e. The fraction of sp³-hybridized carbons (Fsp3) is 0.667. The summed E-state index contributed by atoms with van der Waals surface area (Å²) in [4.78, 5) is 43.2. The predicted octanol–water partition coefficient (Wildman–Crippen LogP) is 3.43. The maximum absolute atomic E-state index is 14.2. The molecule has 0 aromatic heterocycles. The largest absolute Gasteiger partial charge is 0.394 e. The lowest BCUT2D eigenvalue weighted by atomic mass is 9.66. The van der Waals surface area contributed by atoms with Crippen molar-refractivity contribution in [1.82, 2.24) is 10.2 Å². The molecule has 7 nitrogen and oxygen atoms in total. The van der Waals surface area contributed by atoms with Gasteiger partial charge in [-0.05, 0) is 44.2 Å². The smallest absolute Gasteiger partial charge is 0.244 e. The number of amides is 3. The number of anilines is 1. The molecule has 1 spiro atoms. The van der Waals surface area contributed by atoms with Crippen LogP contribution in [0.5, 0.6) is 0 Å². The topological polar surface area (TPSA) is 98.7 Å². The second kappa shape index (κ2) is 10.1. The summed E-state index contributed by atoms with van der Waals surface area (Å²) >= 11 is 1.66. The Balaban J connectivity index is 1.73. The van der Waals surface area contributed by atoms with E-state index in [-0.39, 0.29) is 30.2 Å². The maximum atomic E-state index is 14.2. The van der Waals surface area contributed by atoms with E-state index in [1.807, 2.05) is 44.2 Å². The van der Waals surface area contributed by atoms with E-state index in [0.29, 0.717) is 18.7 Å². The number of thioether (sulfide) groups is 1. The van der Waals surface area contributed by atoms with Gasteiger partial charge in [0, 0.05) is 17.0 Å². The van der Waals surface area contributed by atoms with Crippen LogP contribution in [0.2, 0.25) is 0 Å². The molecule has 2 unspecified atom stereocenters. The standard InChI is InChI=1S/C27H39N3O4S/c1-5-7-15-28-24(33)22-27-14-13-26(4,35-27)20(23(32)29-18-11-9-8-10-12-18)21(27)25(34)30(22)19(16-31)17(3)6-2/h8-12,17,19-22,31H,5-7,13-16H2,1-4H3,(H,28,33)(H,29,32)/t17-,19-,20-,21-,22?,26+,27?/m0/s1. The van der Waals surface area contributed by atoms with Crippen molar-refractivity contribution in [3.8, 4) is 0 Å². The molecule has 1 aromatic rings. The highest BCUT2D eigenvalue weighted by Gasteiger charge is 2.77. The molecule has 3 amide bonds. The number of unbranched alkanes of at least 4 members (excludes halogenated alkanes) is 1. The van der Waals surface area contributed by atoms with Crippen molar-refractivity contribution in [1.29, 1.82) is 0 Å². The Morgan fingerprint density at radius 2 is 1.91 bits per heavy atom. The zero-order valence-corrected chi connectivity index (χ0v) is 22.1. The number of hydrogen-bond donors (Lipinski definition) is 3. The molecule has 3 aliphatic rings. The number of carbonyl (C=O) groups is 3. The van der Waals surface area contributed by atoms with Crippen molar-refractivity contribution in [2.24, 2.45) is 17.8 Å². The molecule has 3 aliphatic heterocycles. The van der Waals surface area contributed by atoms with Crippen molar-refractivity contribution in [2.45, 2.75) is 81.4 Å². The van der Waals surface area contributed by atoms with Gasteiger partial charge in [-0.3, -0.25) is 14.4 Å². The number of aliphatic hydroxyl groups excluding tert-OH is 1. The SMILES string of the molecule is CCCCNC(=O)C1N([C@@H](CO)[C@@H](C)CC)C(=O)[C@@H]2[C@@H](C(=O)Nc3ccccc3)[C@@]3(C)CCC12S3. The first-order chi connectivity index (χ1) is 16.7. The number of likely N-dealkylation sites (tertiary alicyclic amines) is 1. The quantitative estimate of drug-likeness (QED) is 0.427. The minimum absolute atomic E-state index is 0.0273. The Labute approximate surface area is 212 Å². The number of nitrogens with one attached hydrogen (secondary N) is 2. The van der Waals surface area contributed by atoms with Crippen LogP contribution < -0.4 is 10.6 Å². The molecule has 0 aliphatic carbocycles. The van der Waals surface area contributed by atoms with E-state index in [1.54, 1.807) is 16.7 Å². The van der Waals surface area contributed by atoms with E-state index < -0.39 is 33.4 Å². The van der Waals surface area contributed by atoms with Crippen LogP contribution in [0.1, 0.15) is 59.8 Å². The zero-order valence-electron chi connectivity index (χ0n) is 21.3. The number of carbonyl (C=O) groups excluding carboxylic acids is 3. The number of nitrogens with zero attached hydrogens (tertiary/aromatic N) is 1. The van der Waals surface area contributed by atoms with Crippen LogP contribution in [0.3, 0.4) is 0 Å². The van der Waals surface area contributed by atoms with E-state index in [0.717, 1.165) is 25.7 Å². The summed E-state index contributed by atoms with van der Waals surface area (Å²) in [6, 6.07) is 8.16. The predicted molar refractivity (Wildman–Crippen MR) is 139 cm³/mol. The van der Waals surface area contributed by atoms with Gasteiger partial charge in [-0.1, -0.05) is 51.8 Å². The van der Waals surface area contributed by atoms with Crippen LogP contribution >= 0.6 is 11.8 Å². The molecule has 1 aromatic carbocycles. The fourth-order valence-electron chi connectivity index (χ4n) is 6.46. The van der Waals surface area contributed by atoms with Gasteiger partial charge >= 0.3 is 0 Å². The molecule has 3 saturated heterocycles. The molecule has 0 saturated carbocycles. The Hall–Kier alpha value is -2.06. The number of rotatable bonds is 10. The molecule has 3 heterocycles. The van der Waals surface area contributed by atoms with Gasteiger partial charge < -0.3 is 20.6 Å². The Bertz CT molecular complexity index is 959. The van der Waals surface area contributed by atoms with Gasteiger partial charge in [0.05, 0.1) is 29.2 Å². The summed E-state index contributed by atoms with van der Waals surface area (Å²) in [6.45, 7) is 8.54. The van der Waals surface area contributed by atoms with E-state index >= 15 is 0 Å². The van der Waals surface area contributed by atoms with E-state index in [1.165, 1.54) is 0 Å². The van der Waals surface area contributed by atoms with Crippen molar-refractivity contribution < 1.29 is 19.5 Å². The molecule has 7 atom stereocenters. The van der Waals surface area contributed by atoms with Gasteiger partial charge in [0.15, 0.2) is 0 Å². The maximum Gasteiger partial charge on any atom is 0.244 e. The van der Waals surface area contributed by atoms with Crippen LogP contribution in [0.4, 0.5) is 5.69 Å². The minimum atomic E-state index is -0.690. The van der Waals surface area contributed by atoms with Gasteiger partial charge in [0.1, 0.15) is 6.04 Å². The third kappa shape index (κ3) is 4.26. The van der Waals surface area contributed by atoms with Crippen molar-refractivity contribution in [2.75, 3.05) is 18.5 Å². The lowest BCUT2D eigenvalue weighted by molar-refractivity contribution is -0.143. The van der Waals surface area contributed by atoms with Crippen LogP contribution in [0.25, 0.3) is 0 Å². The van der Waals surface area contributed by atoms with Crippen LogP contribution in [0, 0.1) is 17.8 Å². The van der Waals surface area contributed by atoms with Gasteiger partial charge in [-0.25, -0.2) is 0 Å². The van der Waals surface area contributed by atoms with Crippen molar-refractivity contribution in [3.63, 3.8) is 0 Å². The molecule has 3 fully saturated rings. The summed E-state index contributed by atoms with van der Waals surface area (Å²) in [7, 11) is 0. The second-order valence-electron chi connectivity index (χ2n) is 10.6. The Kier molecular flexibility index (Phi) is 7.53. The number of hydrogen-bond acceptors (Lipinski definition) is 5. The van der Waals surface area contributed by atoms with E-state index in [9.17, 15) is 19.5 Å². The normalized spacial score (nSPS) is 32.9. The molecule has 8 heteroatoms. The number of para-hydroxylation sites is 1. The van der Waals surface area contributed by atoms with E-state index in [2.05, 4.69) is 24.5 Å². The summed E-state index contributed by atoms with van der Waals surface area (Å²) in [6.07, 6.45) is 4.08. The van der Waals surface area contributed by atoms with Gasteiger partial charge in [-0.2, -0.15) is 0 Å². The highest BCUT2D eigenvalue weighted by molar-refractivity contribution is 8.02. The summed E-state index contributed by atoms with van der Waals surface area (Å²) in [5.74, 6) is -1.58. The molecule has 35 heavy (non-hydrogen) atoms. The second-order valence-corrected chi connectivity index (χ2v) is 12.5. The van der Waals surface area contributed by atoms with Crippen LogP contribution in [-0.2, 0) is 14.4 Å². The number of aliphatic hydroxyl groups is 1. The summed E-state index contributed by atoms with van der Waals surface area (Å²) < 4.78 is -1.08. The van der Waals surface area contributed by atoms with Gasteiger partial charge in [-0.15, -0.1) is 11.8 Å². The first kappa shape index (κ1) is 26.0. The molecule has 4 rings (SSSR count). The molecule has 2 bridgehead atoms. The summed E-state index contributed by atoms with van der Waals surface area (Å²) in [5, 5.41) is 16.5. The Morgan fingerprint density at radius 1 is 1.20 bits per heavy atom. The number of benzene rings is 1. The highest BCUT2D eigenvalue weighted by atomic mass is 32.2. The van der Waals surface area contributed by atoms with Crippen LogP contribution in [-0.4, -0.2) is 62.5 Å². The first-order valence-corrected chi connectivity index (χ1v) is 13.8. The summed E-state index contributed by atoms with van der Waals surface area (Å²) in [5.41, 5.74) is 0.701. The third-order valence-corrected chi connectivity index (χ3v) is 10.4. The fourth-order valence-corrected chi connectivity index (χ4v) is 8.80.